The molecule has 0 bridgehead atoms. The molecule has 0 spiro atoms. The molecule has 0 heterocycles. The normalized spacial score (nSPS) is 11.7. The zero-order chi connectivity index (χ0) is 16.2. The molecular weight excluding hydrogens is 270 g/mol. The molecule has 1 amide bonds. The van der Waals surface area contributed by atoms with Crippen LogP contribution in [0.2, 0.25) is 0 Å². The van der Waals surface area contributed by atoms with Crippen LogP contribution in [-0.2, 0) is 4.79 Å². The van der Waals surface area contributed by atoms with Crippen LogP contribution in [0.25, 0.3) is 6.08 Å². The predicted octanol–water partition coefficient (Wildman–Crippen LogP) is 1.94. The van der Waals surface area contributed by atoms with E-state index in [1.54, 1.807) is 39.1 Å². The average Bonchev–Trinajstić information content (AvgIpc) is 2.32. The summed E-state index contributed by atoms with van der Waals surface area (Å²) in [7, 11) is 1.62. The molecule has 0 saturated heterocycles. The van der Waals surface area contributed by atoms with Crippen molar-refractivity contribution in [2.45, 2.75) is 26.4 Å². The predicted molar refractivity (Wildman–Crippen MR) is 81.1 cm³/mol. The lowest BCUT2D eigenvalue weighted by Gasteiger charge is -2.25. The van der Waals surface area contributed by atoms with Gasteiger partial charge in [0.25, 0.3) is 5.91 Å². The maximum absolute atomic E-state index is 12.3. The van der Waals surface area contributed by atoms with Crippen LogP contribution in [0.4, 0.5) is 0 Å². The van der Waals surface area contributed by atoms with Crippen molar-refractivity contribution in [1.29, 1.82) is 0 Å². The molecule has 21 heavy (non-hydrogen) atoms. The number of hydrogen-bond donors (Lipinski definition) is 2. The Balaban J connectivity index is 3.02. The van der Waals surface area contributed by atoms with Crippen molar-refractivity contribution in [3.63, 3.8) is 0 Å². The lowest BCUT2D eigenvalue weighted by Crippen LogP contribution is -2.39. The highest BCUT2D eigenvalue weighted by molar-refractivity contribution is 5.95. The third-order valence-electron chi connectivity index (χ3n) is 2.74. The molecule has 0 saturated carbocycles. The summed E-state index contributed by atoms with van der Waals surface area (Å²) in [5.41, 5.74) is 1.01. The zero-order valence-corrected chi connectivity index (χ0v) is 12.8. The molecule has 5 heteroatoms. The molecule has 0 aromatic heterocycles. The summed E-state index contributed by atoms with van der Waals surface area (Å²) in [5.74, 6) is -1.26. The van der Waals surface area contributed by atoms with Crippen LogP contribution in [0.3, 0.4) is 0 Å². The van der Waals surface area contributed by atoms with E-state index in [0.717, 1.165) is 11.6 Å². The van der Waals surface area contributed by atoms with E-state index in [-0.39, 0.29) is 12.5 Å². The third kappa shape index (κ3) is 5.79. The highest BCUT2D eigenvalue weighted by Crippen LogP contribution is 2.14. The Morgan fingerprint density at radius 3 is 2.43 bits per heavy atom. The number of carbonyl (C=O) groups excluding carboxylic acids is 1. The van der Waals surface area contributed by atoms with Crippen LogP contribution in [0.1, 0.15) is 35.3 Å². The monoisotopic (exact) mass is 291 g/mol. The first-order chi connectivity index (χ1) is 9.58. The number of hydrogen-bond acceptors (Lipinski definition) is 3. The first kappa shape index (κ1) is 16.9. The zero-order valence-electron chi connectivity index (χ0n) is 12.8. The van der Waals surface area contributed by atoms with E-state index in [9.17, 15) is 14.7 Å². The summed E-state index contributed by atoms with van der Waals surface area (Å²) in [4.78, 5) is 24.3. The van der Waals surface area contributed by atoms with Gasteiger partial charge in [0.2, 0.25) is 0 Å². The van der Waals surface area contributed by atoms with Crippen molar-refractivity contribution in [2.75, 3.05) is 13.6 Å². The summed E-state index contributed by atoms with van der Waals surface area (Å²) in [5, 5.41) is 18.4. The van der Waals surface area contributed by atoms with E-state index in [4.69, 9.17) is 5.11 Å². The number of benzene rings is 1. The van der Waals surface area contributed by atoms with Gasteiger partial charge in [-0.1, -0.05) is 6.07 Å². The molecule has 0 aliphatic rings. The number of amides is 1. The number of carbonyl (C=O) groups is 2. The van der Waals surface area contributed by atoms with Gasteiger partial charge < -0.3 is 15.1 Å². The van der Waals surface area contributed by atoms with Gasteiger partial charge in [0.1, 0.15) is 0 Å². The molecule has 2 N–H and O–H groups in total. The molecule has 0 aliphatic carbocycles. The van der Waals surface area contributed by atoms with Gasteiger partial charge >= 0.3 is 5.97 Å². The van der Waals surface area contributed by atoms with E-state index in [2.05, 4.69) is 0 Å². The summed E-state index contributed by atoms with van der Waals surface area (Å²) in [6, 6.07) is 5.17. The smallest absolute Gasteiger partial charge is 0.328 e. The number of aryl methyl sites for hydroxylation is 1. The number of likely N-dealkylation sites (N-methyl/N-ethyl adjacent to an activating group) is 1. The molecule has 0 radical (unpaired) electrons. The Kier molecular flexibility index (Phi) is 5.27. The maximum atomic E-state index is 12.3. The van der Waals surface area contributed by atoms with Crippen molar-refractivity contribution < 1.29 is 19.8 Å². The second-order valence-electron chi connectivity index (χ2n) is 5.78. The van der Waals surface area contributed by atoms with Gasteiger partial charge in [-0.25, -0.2) is 4.79 Å². The van der Waals surface area contributed by atoms with Gasteiger partial charge in [0.15, 0.2) is 0 Å². The van der Waals surface area contributed by atoms with Gasteiger partial charge in [-0.3, -0.25) is 4.79 Å². The molecule has 114 valence electrons. The summed E-state index contributed by atoms with van der Waals surface area (Å²) in [6.45, 7) is 5.31. The molecule has 5 nitrogen and oxygen atoms in total. The molecule has 0 aliphatic heterocycles. The Labute approximate surface area is 124 Å². The lowest BCUT2D eigenvalue weighted by molar-refractivity contribution is -0.131. The van der Waals surface area contributed by atoms with Gasteiger partial charge in [-0.2, -0.15) is 0 Å². The second-order valence-corrected chi connectivity index (χ2v) is 5.78. The Morgan fingerprint density at radius 1 is 1.29 bits per heavy atom. The summed E-state index contributed by atoms with van der Waals surface area (Å²) in [6.07, 6.45) is 2.48. The topological polar surface area (TPSA) is 77.8 Å². The second kappa shape index (κ2) is 6.54. The number of aliphatic carboxylic acids is 1. The Hall–Kier alpha value is -2.14. The quantitative estimate of drug-likeness (QED) is 0.813. The molecule has 0 fully saturated rings. The summed E-state index contributed by atoms with van der Waals surface area (Å²) >= 11 is 0. The third-order valence-corrected chi connectivity index (χ3v) is 2.74. The molecule has 0 atom stereocenters. The van der Waals surface area contributed by atoms with E-state index in [1.165, 1.54) is 11.0 Å². The van der Waals surface area contributed by atoms with Crippen LogP contribution in [0.15, 0.2) is 24.3 Å². The number of rotatable bonds is 5. The van der Waals surface area contributed by atoms with Crippen molar-refractivity contribution in [3.05, 3.63) is 41.0 Å². The van der Waals surface area contributed by atoms with E-state index in [0.29, 0.717) is 11.1 Å². The van der Waals surface area contributed by atoms with Crippen LogP contribution in [0, 0.1) is 6.92 Å². The number of nitrogens with zero attached hydrogens (tertiary/aromatic N) is 1. The van der Waals surface area contributed by atoms with Crippen LogP contribution >= 0.6 is 0 Å². The van der Waals surface area contributed by atoms with Crippen molar-refractivity contribution in [3.8, 4) is 0 Å². The number of aliphatic hydroxyl groups is 1. The van der Waals surface area contributed by atoms with Gasteiger partial charge in [0, 0.05) is 25.2 Å². The van der Waals surface area contributed by atoms with Crippen molar-refractivity contribution in [2.24, 2.45) is 0 Å². The van der Waals surface area contributed by atoms with Crippen molar-refractivity contribution >= 4 is 18.0 Å². The van der Waals surface area contributed by atoms with E-state index in [1.807, 2.05) is 6.92 Å². The van der Waals surface area contributed by atoms with E-state index < -0.39 is 11.6 Å². The fourth-order valence-corrected chi connectivity index (χ4v) is 2.07. The van der Waals surface area contributed by atoms with Gasteiger partial charge in [-0.15, -0.1) is 0 Å². The fraction of sp³-hybridized carbons (Fsp3) is 0.375. The largest absolute Gasteiger partial charge is 0.478 e. The Bertz CT molecular complexity index is 570. The van der Waals surface area contributed by atoms with Gasteiger partial charge in [-0.05, 0) is 50.1 Å². The standard InChI is InChI=1S/C16H21NO4/c1-11-7-12(5-6-14(18)19)9-13(8-11)15(20)17(4)10-16(2,3)21/h5-9,21H,10H2,1-4H3,(H,18,19)/b6-5+. The molecule has 1 aromatic rings. The Morgan fingerprint density at radius 2 is 1.90 bits per heavy atom. The first-order valence-corrected chi connectivity index (χ1v) is 6.59. The van der Waals surface area contributed by atoms with Crippen molar-refractivity contribution in [1.82, 2.24) is 4.90 Å². The molecule has 0 unspecified atom stereocenters. The molecule has 1 rings (SSSR count). The van der Waals surface area contributed by atoms with Crippen LogP contribution in [0.5, 0.6) is 0 Å². The average molecular weight is 291 g/mol. The molecular formula is C16H21NO4. The summed E-state index contributed by atoms with van der Waals surface area (Å²) < 4.78 is 0. The first-order valence-electron chi connectivity index (χ1n) is 6.59. The minimum Gasteiger partial charge on any atom is -0.478 e. The number of carboxylic acid groups (broad SMARTS) is 1. The minimum atomic E-state index is -1.04. The highest BCUT2D eigenvalue weighted by Gasteiger charge is 2.20. The molecule has 1 aromatic carbocycles. The van der Waals surface area contributed by atoms with Crippen LogP contribution < -0.4 is 0 Å². The van der Waals surface area contributed by atoms with E-state index >= 15 is 0 Å². The SMILES string of the molecule is Cc1cc(/C=C/C(=O)O)cc(C(=O)N(C)CC(C)(C)O)c1. The van der Waals surface area contributed by atoms with Crippen LogP contribution in [-0.4, -0.2) is 46.2 Å². The fourth-order valence-electron chi connectivity index (χ4n) is 2.07. The number of carboxylic acids is 1. The minimum absolute atomic E-state index is 0.208. The highest BCUT2D eigenvalue weighted by atomic mass is 16.4. The van der Waals surface area contributed by atoms with Gasteiger partial charge in [0.05, 0.1) is 5.60 Å². The lowest BCUT2D eigenvalue weighted by atomic mass is 10.0. The maximum Gasteiger partial charge on any atom is 0.328 e.